The third-order valence-corrected chi connectivity index (χ3v) is 5.93. The average Bonchev–Trinajstić information content (AvgIpc) is 3.42. The minimum absolute atomic E-state index is 0.117. The molecular formula is C20H31N5O2. The van der Waals surface area contributed by atoms with Crippen molar-refractivity contribution < 1.29 is 5.11 Å². The number of nitrogens with zero attached hydrogens (tertiary/aromatic N) is 3. The van der Waals surface area contributed by atoms with Crippen LogP contribution in [0.4, 0.5) is 0 Å². The molecule has 27 heavy (non-hydrogen) atoms. The Labute approximate surface area is 159 Å². The summed E-state index contributed by atoms with van der Waals surface area (Å²) in [4.78, 5) is 17.5. The first kappa shape index (κ1) is 18.7. The van der Waals surface area contributed by atoms with Gasteiger partial charge in [-0.05, 0) is 58.0 Å². The van der Waals surface area contributed by atoms with Gasteiger partial charge in [0, 0.05) is 25.1 Å². The van der Waals surface area contributed by atoms with Crippen LogP contribution in [-0.2, 0) is 0 Å². The zero-order valence-electron chi connectivity index (χ0n) is 16.4. The molecule has 1 aliphatic carbocycles. The highest BCUT2D eigenvalue weighted by molar-refractivity contribution is 5.52. The molecule has 2 aliphatic rings. The number of nitrogens with one attached hydrogen (secondary N) is 2. The summed E-state index contributed by atoms with van der Waals surface area (Å²) in [6.45, 7) is 7.72. The Balaban J connectivity index is 1.75. The van der Waals surface area contributed by atoms with Crippen LogP contribution in [0.15, 0.2) is 10.9 Å². The van der Waals surface area contributed by atoms with E-state index in [9.17, 15) is 9.90 Å². The Hall–Kier alpha value is -1.70. The molecule has 1 saturated carbocycles. The zero-order chi connectivity index (χ0) is 19.0. The molecule has 2 fully saturated rings. The van der Waals surface area contributed by atoms with Crippen molar-refractivity contribution >= 4 is 5.65 Å². The van der Waals surface area contributed by atoms with E-state index in [-0.39, 0.29) is 5.56 Å². The van der Waals surface area contributed by atoms with Gasteiger partial charge in [-0.1, -0.05) is 6.92 Å². The molecular weight excluding hydrogens is 342 g/mol. The fraction of sp³-hybridized carbons (Fsp3) is 0.700. The number of H-pyrrole nitrogens is 1. The van der Waals surface area contributed by atoms with Crippen LogP contribution in [0.25, 0.3) is 5.65 Å². The minimum Gasteiger partial charge on any atom is -0.374 e. The van der Waals surface area contributed by atoms with E-state index in [4.69, 9.17) is 5.10 Å². The van der Waals surface area contributed by atoms with E-state index in [0.29, 0.717) is 17.5 Å². The van der Waals surface area contributed by atoms with E-state index in [2.05, 4.69) is 22.1 Å². The van der Waals surface area contributed by atoms with E-state index < -0.39 is 6.23 Å². The maximum absolute atomic E-state index is 12.4. The molecule has 1 aliphatic heterocycles. The SMILES string of the molecule is CCCN(CC1CC1)C(O)c1c(C)nn2c(C3CCNCC3)cc(=O)[nH]c12. The number of aliphatic hydroxyl groups excluding tert-OH is 1. The first-order valence-electron chi connectivity index (χ1n) is 10.3. The van der Waals surface area contributed by atoms with Crippen molar-refractivity contribution in [2.45, 2.75) is 58.1 Å². The standard InChI is InChI=1S/C20H31N5O2/c1-3-10-24(12-14-4-5-14)20(27)18-13(2)23-25-16(11-17(26)22-19(18)25)15-6-8-21-9-7-15/h11,14-15,20-21,27H,3-10,12H2,1-2H3,(H,22,26). The summed E-state index contributed by atoms with van der Waals surface area (Å²) < 4.78 is 1.87. The zero-order valence-corrected chi connectivity index (χ0v) is 16.4. The lowest BCUT2D eigenvalue weighted by atomic mass is 9.94. The van der Waals surface area contributed by atoms with Crippen LogP contribution in [0.1, 0.15) is 68.1 Å². The highest BCUT2D eigenvalue weighted by atomic mass is 16.3. The summed E-state index contributed by atoms with van der Waals surface area (Å²) in [5.74, 6) is 1.01. The third-order valence-electron chi connectivity index (χ3n) is 5.93. The molecule has 0 aromatic carbocycles. The largest absolute Gasteiger partial charge is 0.374 e. The number of aromatic nitrogens is 3. The number of fused-ring (bicyclic) bond motifs is 1. The lowest BCUT2D eigenvalue weighted by Gasteiger charge is -2.27. The second-order valence-corrected chi connectivity index (χ2v) is 8.15. The van der Waals surface area contributed by atoms with Gasteiger partial charge in [0.05, 0.1) is 17.0 Å². The molecule has 1 atom stereocenters. The number of piperidine rings is 1. The first-order valence-corrected chi connectivity index (χ1v) is 10.3. The van der Waals surface area contributed by atoms with Crippen molar-refractivity contribution in [2.75, 3.05) is 26.2 Å². The van der Waals surface area contributed by atoms with Gasteiger partial charge in [-0.2, -0.15) is 5.10 Å². The van der Waals surface area contributed by atoms with Crippen LogP contribution in [-0.4, -0.2) is 50.8 Å². The molecule has 7 nitrogen and oxygen atoms in total. The molecule has 3 N–H and O–H groups in total. The van der Waals surface area contributed by atoms with Gasteiger partial charge in [0.25, 0.3) is 5.56 Å². The van der Waals surface area contributed by atoms with Crippen molar-refractivity contribution in [2.24, 2.45) is 5.92 Å². The third kappa shape index (κ3) is 3.81. The number of hydrogen-bond donors (Lipinski definition) is 3. The fourth-order valence-electron chi connectivity index (χ4n) is 4.33. The van der Waals surface area contributed by atoms with Crippen molar-refractivity contribution in [3.05, 3.63) is 33.4 Å². The highest BCUT2D eigenvalue weighted by Crippen LogP contribution is 2.34. The number of aliphatic hydroxyl groups is 1. The molecule has 0 radical (unpaired) electrons. The predicted molar refractivity (Wildman–Crippen MR) is 105 cm³/mol. The van der Waals surface area contributed by atoms with Gasteiger partial charge in [0.2, 0.25) is 0 Å². The summed E-state index contributed by atoms with van der Waals surface area (Å²) in [6.07, 6.45) is 4.74. The fourth-order valence-corrected chi connectivity index (χ4v) is 4.33. The Bertz CT molecular complexity index is 848. The summed E-state index contributed by atoms with van der Waals surface area (Å²) >= 11 is 0. The molecule has 0 bridgehead atoms. The second-order valence-electron chi connectivity index (χ2n) is 8.15. The van der Waals surface area contributed by atoms with E-state index in [0.717, 1.165) is 62.4 Å². The molecule has 2 aromatic rings. The van der Waals surface area contributed by atoms with Gasteiger partial charge in [-0.15, -0.1) is 0 Å². The van der Waals surface area contributed by atoms with Crippen molar-refractivity contribution in [3.8, 4) is 0 Å². The number of aryl methyl sites for hydroxylation is 1. The Morgan fingerprint density at radius 1 is 1.33 bits per heavy atom. The van der Waals surface area contributed by atoms with Crippen molar-refractivity contribution in [1.29, 1.82) is 0 Å². The van der Waals surface area contributed by atoms with E-state index in [1.54, 1.807) is 6.07 Å². The Morgan fingerprint density at radius 3 is 2.74 bits per heavy atom. The average molecular weight is 374 g/mol. The molecule has 148 valence electrons. The van der Waals surface area contributed by atoms with Crippen molar-refractivity contribution in [3.63, 3.8) is 0 Å². The maximum Gasteiger partial charge on any atom is 0.251 e. The molecule has 7 heteroatoms. The summed E-state index contributed by atoms with van der Waals surface area (Å²) in [6, 6.07) is 1.68. The highest BCUT2D eigenvalue weighted by Gasteiger charge is 2.31. The molecule has 0 spiro atoms. The van der Waals surface area contributed by atoms with E-state index in [1.807, 2.05) is 11.4 Å². The van der Waals surface area contributed by atoms with Crippen LogP contribution in [0.2, 0.25) is 0 Å². The van der Waals surface area contributed by atoms with E-state index >= 15 is 0 Å². The number of rotatable bonds is 7. The maximum atomic E-state index is 12.4. The normalized spacial score (nSPS) is 19.9. The quantitative estimate of drug-likeness (QED) is 0.646. The monoisotopic (exact) mass is 373 g/mol. The van der Waals surface area contributed by atoms with Crippen LogP contribution in [0, 0.1) is 12.8 Å². The lowest BCUT2D eigenvalue weighted by molar-refractivity contribution is -0.00101. The molecule has 2 aromatic heterocycles. The number of hydrogen-bond acceptors (Lipinski definition) is 5. The smallest absolute Gasteiger partial charge is 0.251 e. The molecule has 1 unspecified atom stereocenters. The van der Waals surface area contributed by atoms with Gasteiger partial charge in [0.1, 0.15) is 11.9 Å². The Morgan fingerprint density at radius 2 is 2.07 bits per heavy atom. The van der Waals surface area contributed by atoms with Gasteiger partial charge in [0.15, 0.2) is 0 Å². The predicted octanol–water partition coefficient (Wildman–Crippen LogP) is 1.91. The van der Waals surface area contributed by atoms with Gasteiger partial charge < -0.3 is 15.4 Å². The Kier molecular flexibility index (Phi) is 5.34. The van der Waals surface area contributed by atoms with E-state index in [1.165, 1.54) is 12.8 Å². The number of aromatic amines is 1. The van der Waals surface area contributed by atoms with Crippen LogP contribution in [0.5, 0.6) is 0 Å². The van der Waals surface area contributed by atoms with Crippen LogP contribution < -0.4 is 10.9 Å². The van der Waals surface area contributed by atoms with Crippen molar-refractivity contribution in [1.82, 2.24) is 24.8 Å². The molecule has 1 saturated heterocycles. The lowest BCUT2D eigenvalue weighted by Crippen LogP contribution is -2.32. The second kappa shape index (κ2) is 7.73. The first-order chi connectivity index (χ1) is 13.1. The van der Waals surface area contributed by atoms with Crippen LogP contribution >= 0.6 is 0 Å². The van der Waals surface area contributed by atoms with Crippen LogP contribution in [0.3, 0.4) is 0 Å². The molecule has 3 heterocycles. The minimum atomic E-state index is -0.734. The van der Waals surface area contributed by atoms with Gasteiger partial charge in [-0.25, -0.2) is 4.52 Å². The summed E-state index contributed by atoms with van der Waals surface area (Å²) in [5, 5.41) is 19.3. The molecule has 4 rings (SSSR count). The topological polar surface area (TPSA) is 85.7 Å². The summed E-state index contributed by atoms with van der Waals surface area (Å²) in [5.41, 5.74) is 3.03. The van der Waals surface area contributed by atoms with Gasteiger partial charge in [-0.3, -0.25) is 9.69 Å². The van der Waals surface area contributed by atoms with Gasteiger partial charge >= 0.3 is 0 Å². The summed E-state index contributed by atoms with van der Waals surface area (Å²) in [7, 11) is 0. The molecule has 0 amide bonds.